The number of carbonyl (C=O) groups is 3. The summed E-state index contributed by atoms with van der Waals surface area (Å²) in [6.07, 6.45) is 2.18. The molecule has 0 aliphatic carbocycles. The van der Waals surface area contributed by atoms with E-state index in [0.717, 1.165) is 51.3 Å². The molecular formula is C21H31N3O6S. The predicted octanol–water partition coefficient (Wildman–Crippen LogP) is 1.20. The van der Waals surface area contributed by atoms with E-state index in [0.29, 0.717) is 0 Å². The summed E-state index contributed by atoms with van der Waals surface area (Å²) in [5.41, 5.74) is 1.21. The summed E-state index contributed by atoms with van der Waals surface area (Å²) in [6, 6.07) is 8.22. The van der Waals surface area contributed by atoms with Gasteiger partial charge >= 0.3 is 11.9 Å². The third kappa shape index (κ3) is 7.71. The zero-order valence-corrected chi connectivity index (χ0v) is 18.7. The van der Waals surface area contributed by atoms with Crippen LogP contribution in [0.2, 0.25) is 0 Å². The SMILES string of the molecule is COc1ccccc1C(CCCN1CCNCC1)C1NC(=O)C(C)S1.O=C(O)C(=O)O. The predicted molar refractivity (Wildman–Crippen MR) is 119 cm³/mol. The highest BCUT2D eigenvalue weighted by Crippen LogP contribution is 2.40. The first kappa shape index (κ1) is 25.0. The van der Waals surface area contributed by atoms with Gasteiger partial charge < -0.3 is 30.5 Å². The number of aliphatic carboxylic acids is 2. The normalized spacial score (nSPS) is 22.1. The molecular weight excluding hydrogens is 422 g/mol. The van der Waals surface area contributed by atoms with Gasteiger partial charge in [-0.2, -0.15) is 0 Å². The maximum absolute atomic E-state index is 12.0. The number of hydrogen-bond acceptors (Lipinski definition) is 7. The minimum Gasteiger partial charge on any atom is -0.496 e. The Labute approximate surface area is 186 Å². The maximum atomic E-state index is 12.0. The van der Waals surface area contributed by atoms with Crippen molar-refractivity contribution < 1.29 is 29.3 Å². The van der Waals surface area contributed by atoms with Crippen molar-refractivity contribution >= 4 is 29.6 Å². The molecule has 0 bridgehead atoms. The van der Waals surface area contributed by atoms with Crippen LogP contribution < -0.4 is 15.4 Å². The molecule has 10 heteroatoms. The molecule has 3 atom stereocenters. The number of carbonyl (C=O) groups excluding carboxylic acids is 1. The zero-order valence-electron chi connectivity index (χ0n) is 17.9. The fourth-order valence-electron chi connectivity index (χ4n) is 3.68. The quantitative estimate of drug-likeness (QED) is 0.450. The molecule has 2 aliphatic rings. The number of hydrogen-bond donors (Lipinski definition) is 4. The summed E-state index contributed by atoms with van der Waals surface area (Å²) < 4.78 is 5.60. The first-order chi connectivity index (χ1) is 14.8. The number of thioether (sulfide) groups is 1. The van der Waals surface area contributed by atoms with Gasteiger partial charge in [-0.05, 0) is 32.4 Å². The van der Waals surface area contributed by atoms with E-state index >= 15 is 0 Å². The van der Waals surface area contributed by atoms with Crippen LogP contribution in [0.4, 0.5) is 0 Å². The van der Waals surface area contributed by atoms with Gasteiger partial charge in [0.05, 0.1) is 17.7 Å². The second kappa shape index (κ2) is 12.5. The van der Waals surface area contributed by atoms with Crippen LogP contribution in [0.1, 0.15) is 31.2 Å². The number of ether oxygens (including phenoxy) is 1. The van der Waals surface area contributed by atoms with Crippen LogP contribution in [-0.2, 0) is 14.4 Å². The Morgan fingerprint density at radius 2 is 1.87 bits per heavy atom. The third-order valence-corrected chi connectivity index (χ3v) is 6.65. The van der Waals surface area contributed by atoms with E-state index in [4.69, 9.17) is 24.5 Å². The summed E-state index contributed by atoms with van der Waals surface area (Å²) in [6.45, 7) is 7.54. The number of nitrogens with one attached hydrogen (secondary N) is 2. The van der Waals surface area contributed by atoms with Crippen LogP contribution in [0.5, 0.6) is 5.75 Å². The van der Waals surface area contributed by atoms with Gasteiger partial charge in [0, 0.05) is 37.7 Å². The van der Waals surface area contributed by atoms with E-state index in [9.17, 15) is 4.79 Å². The molecule has 0 spiro atoms. The Bertz CT molecular complexity index is 744. The summed E-state index contributed by atoms with van der Waals surface area (Å²) in [7, 11) is 1.72. The number of rotatable bonds is 7. The van der Waals surface area contributed by atoms with Crippen molar-refractivity contribution in [1.82, 2.24) is 15.5 Å². The van der Waals surface area contributed by atoms with E-state index in [1.165, 1.54) is 5.56 Å². The molecule has 3 rings (SSSR count). The second-order valence-electron chi connectivity index (χ2n) is 7.40. The van der Waals surface area contributed by atoms with Crippen molar-refractivity contribution in [3.05, 3.63) is 29.8 Å². The van der Waals surface area contributed by atoms with Crippen LogP contribution in [0.15, 0.2) is 24.3 Å². The largest absolute Gasteiger partial charge is 0.496 e. The Balaban J connectivity index is 0.000000501. The topological polar surface area (TPSA) is 128 Å². The molecule has 0 radical (unpaired) electrons. The van der Waals surface area contributed by atoms with Crippen molar-refractivity contribution in [2.45, 2.75) is 36.3 Å². The molecule has 1 aromatic rings. The van der Waals surface area contributed by atoms with Crippen LogP contribution in [0, 0.1) is 0 Å². The van der Waals surface area contributed by atoms with E-state index in [1.54, 1.807) is 18.9 Å². The number of para-hydroxylation sites is 1. The summed E-state index contributed by atoms with van der Waals surface area (Å²) in [5, 5.41) is 21.5. The number of benzene rings is 1. The van der Waals surface area contributed by atoms with Crippen molar-refractivity contribution in [3.63, 3.8) is 0 Å². The Morgan fingerprint density at radius 1 is 1.23 bits per heavy atom. The highest BCUT2D eigenvalue weighted by atomic mass is 32.2. The number of amides is 1. The van der Waals surface area contributed by atoms with Gasteiger partial charge in [0.2, 0.25) is 5.91 Å². The van der Waals surface area contributed by atoms with E-state index in [2.05, 4.69) is 27.7 Å². The average Bonchev–Trinajstić information content (AvgIpc) is 3.10. The minimum atomic E-state index is -1.82. The van der Waals surface area contributed by atoms with Crippen molar-refractivity contribution in [1.29, 1.82) is 0 Å². The molecule has 1 aromatic carbocycles. The monoisotopic (exact) mass is 453 g/mol. The average molecular weight is 454 g/mol. The molecule has 31 heavy (non-hydrogen) atoms. The van der Waals surface area contributed by atoms with Gasteiger partial charge in [-0.25, -0.2) is 9.59 Å². The van der Waals surface area contributed by atoms with Gasteiger partial charge in [-0.15, -0.1) is 11.8 Å². The molecule has 4 N–H and O–H groups in total. The van der Waals surface area contributed by atoms with Crippen molar-refractivity contribution in [3.8, 4) is 5.75 Å². The molecule has 0 aromatic heterocycles. The fraction of sp³-hybridized carbons (Fsp3) is 0.571. The first-order valence-corrected chi connectivity index (χ1v) is 11.3. The lowest BCUT2D eigenvalue weighted by Crippen LogP contribution is -2.43. The second-order valence-corrected chi connectivity index (χ2v) is 8.89. The molecule has 0 saturated carbocycles. The molecule has 2 heterocycles. The van der Waals surface area contributed by atoms with Gasteiger partial charge in [-0.1, -0.05) is 18.2 Å². The lowest BCUT2D eigenvalue weighted by Gasteiger charge is -2.29. The minimum absolute atomic E-state index is 0.0235. The highest BCUT2D eigenvalue weighted by molar-refractivity contribution is 8.01. The van der Waals surface area contributed by atoms with Gasteiger partial charge in [0.15, 0.2) is 0 Å². The van der Waals surface area contributed by atoms with Gasteiger partial charge in [-0.3, -0.25) is 4.79 Å². The number of carboxylic acids is 2. The van der Waals surface area contributed by atoms with Crippen LogP contribution in [-0.4, -0.2) is 83.4 Å². The van der Waals surface area contributed by atoms with E-state index in [-0.39, 0.29) is 22.4 Å². The molecule has 1 amide bonds. The fourth-order valence-corrected chi connectivity index (χ4v) is 4.97. The Hall–Kier alpha value is -2.30. The number of carboxylic acid groups (broad SMARTS) is 2. The molecule has 9 nitrogen and oxygen atoms in total. The highest BCUT2D eigenvalue weighted by Gasteiger charge is 2.36. The lowest BCUT2D eigenvalue weighted by molar-refractivity contribution is -0.159. The Kier molecular flexibility index (Phi) is 10.1. The first-order valence-electron chi connectivity index (χ1n) is 10.3. The van der Waals surface area contributed by atoms with Gasteiger partial charge in [0.25, 0.3) is 0 Å². The summed E-state index contributed by atoms with van der Waals surface area (Å²) in [5.74, 6) is -2.30. The Morgan fingerprint density at radius 3 is 2.42 bits per heavy atom. The van der Waals surface area contributed by atoms with Crippen molar-refractivity contribution in [2.24, 2.45) is 0 Å². The van der Waals surface area contributed by atoms with Crippen LogP contribution in [0.25, 0.3) is 0 Å². The lowest BCUT2D eigenvalue weighted by atomic mass is 9.92. The van der Waals surface area contributed by atoms with E-state index < -0.39 is 11.9 Å². The molecule has 3 unspecified atom stereocenters. The zero-order chi connectivity index (χ0) is 22.8. The van der Waals surface area contributed by atoms with Gasteiger partial charge in [0.1, 0.15) is 5.75 Å². The standard InChI is InChI=1S/C19H29N3O2S.C2H2O4/c1-14-18(23)21-19(25-14)16(15-6-3-4-8-17(15)24-2)7-5-11-22-12-9-20-10-13-22;3-1(4)2(5)6/h3-4,6,8,14,16,19-20H,5,7,9-13H2,1-2H3,(H,21,23);(H,3,4)(H,5,6). The van der Waals surface area contributed by atoms with Crippen LogP contribution >= 0.6 is 11.8 Å². The number of piperazine rings is 1. The maximum Gasteiger partial charge on any atom is 0.414 e. The molecule has 2 saturated heterocycles. The molecule has 2 fully saturated rings. The third-order valence-electron chi connectivity index (χ3n) is 5.29. The summed E-state index contributed by atoms with van der Waals surface area (Å²) in [4.78, 5) is 32.7. The summed E-state index contributed by atoms with van der Waals surface area (Å²) >= 11 is 1.74. The number of nitrogens with zero attached hydrogens (tertiary/aromatic N) is 1. The molecule has 172 valence electrons. The number of methoxy groups -OCH3 is 1. The van der Waals surface area contributed by atoms with Crippen LogP contribution in [0.3, 0.4) is 0 Å². The molecule has 2 aliphatic heterocycles. The van der Waals surface area contributed by atoms with E-state index in [1.807, 2.05) is 19.1 Å². The smallest absolute Gasteiger partial charge is 0.414 e. The van der Waals surface area contributed by atoms with Crippen molar-refractivity contribution in [2.75, 3.05) is 39.8 Å².